The van der Waals surface area contributed by atoms with E-state index < -0.39 is 12.2 Å². The van der Waals surface area contributed by atoms with Crippen LogP contribution in [0, 0.1) is 0 Å². The van der Waals surface area contributed by atoms with Gasteiger partial charge in [-0.3, -0.25) is 4.57 Å². The van der Waals surface area contributed by atoms with Gasteiger partial charge < -0.3 is 15.5 Å². The van der Waals surface area contributed by atoms with Gasteiger partial charge in [0.25, 0.3) is 0 Å². The fourth-order valence-corrected chi connectivity index (χ4v) is 5.52. The Morgan fingerprint density at radius 3 is 2.89 bits per heavy atom. The number of benzene rings is 1. The zero-order chi connectivity index (χ0) is 19.3. The van der Waals surface area contributed by atoms with Crippen LogP contribution in [-0.2, 0) is 6.42 Å². The molecule has 28 heavy (non-hydrogen) atoms. The van der Waals surface area contributed by atoms with Gasteiger partial charge in [-0.25, -0.2) is 4.98 Å². The van der Waals surface area contributed by atoms with E-state index in [1.807, 2.05) is 0 Å². The number of hydrogen-bond acceptors (Lipinski definition) is 7. The molecule has 1 saturated heterocycles. The Hall–Kier alpha value is -1.87. The first kappa shape index (κ1) is 18.2. The lowest BCUT2D eigenvalue weighted by atomic mass is 9.88. The van der Waals surface area contributed by atoms with Crippen molar-refractivity contribution in [2.45, 2.75) is 42.9 Å². The minimum Gasteiger partial charge on any atom is -0.389 e. The van der Waals surface area contributed by atoms with Crippen molar-refractivity contribution in [3.8, 4) is 0 Å². The Balaban J connectivity index is 1.53. The van der Waals surface area contributed by atoms with Gasteiger partial charge in [0.15, 0.2) is 17.0 Å². The number of nitrogens with one attached hydrogen (secondary N) is 1. The molecule has 0 bridgehead atoms. The van der Waals surface area contributed by atoms with Crippen molar-refractivity contribution in [1.82, 2.24) is 19.5 Å². The van der Waals surface area contributed by atoms with Gasteiger partial charge in [0, 0.05) is 5.75 Å². The summed E-state index contributed by atoms with van der Waals surface area (Å²) in [6.45, 7) is 0. The number of nitrogens with zero attached hydrogens (tertiary/aromatic N) is 4. The number of aliphatic hydroxyl groups is 2. The molecule has 3 heterocycles. The van der Waals surface area contributed by atoms with Crippen LogP contribution >= 0.6 is 23.4 Å². The molecular weight excluding hydrogens is 398 g/mol. The molecule has 1 fully saturated rings. The molecule has 1 aliphatic carbocycles. The Morgan fingerprint density at radius 2 is 2.07 bits per heavy atom. The van der Waals surface area contributed by atoms with E-state index in [4.69, 9.17) is 11.6 Å². The first-order valence-electron chi connectivity index (χ1n) is 9.34. The predicted molar refractivity (Wildman–Crippen MR) is 110 cm³/mol. The molecule has 2 aliphatic rings. The van der Waals surface area contributed by atoms with Crippen LogP contribution < -0.4 is 5.32 Å². The molecule has 5 rings (SSSR count). The van der Waals surface area contributed by atoms with Gasteiger partial charge in [-0.15, -0.1) is 11.8 Å². The molecular formula is C19H20ClN5O2S. The average Bonchev–Trinajstić information content (AvgIpc) is 3.25. The molecule has 9 heteroatoms. The molecule has 1 aromatic carbocycles. The first-order valence-corrected chi connectivity index (χ1v) is 10.8. The fraction of sp³-hybridized carbons (Fsp3) is 0.421. The number of aryl methyl sites for hydroxylation is 1. The van der Waals surface area contributed by atoms with Crippen LogP contribution in [-0.4, -0.2) is 47.7 Å². The fourth-order valence-electron chi connectivity index (χ4n) is 4.07. The third-order valence-corrected chi connectivity index (χ3v) is 7.02. The number of anilines is 1. The van der Waals surface area contributed by atoms with Crippen LogP contribution in [0.25, 0.3) is 11.2 Å². The maximum absolute atomic E-state index is 10.3. The third kappa shape index (κ3) is 3.04. The zero-order valence-electron chi connectivity index (χ0n) is 15.0. The SMILES string of the molecule is O[C@@H]1[C@H](O)CS[C@H]1n1cnc2c(N[C@H]3CCCc4ccccc43)nc(Cl)nc21. The van der Waals surface area contributed by atoms with E-state index in [-0.39, 0.29) is 16.7 Å². The summed E-state index contributed by atoms with van der Waals surface area (Å²) in [6.07, 6.45) is 3.19. The van der Waals surface area contributed by atoms with Crippen molar-refractivity contribution in [2.24, 2.45) is 0 Å². The van der Waals surface area contributed by atoms with Crippen molar-refractivity contribution in [3.63, 3.8) is 0 Å². The summed E-state index contributed by atoms with van der Waals surface area (Å²) in [7, 11) is 0. The lowest BCUT2D eigenvalue weighted by Gasteiger charge is -2.26. The number of fused-ring (bicyclic) bond motifs is 2. The van der Waals surface area contributed by atoms with Gasteiger partial charge in [0.05, 0.1) is 18.5 Å². The average molecular weight is 418 g/mol. The highest BCUT2D eigenvalue weighted by Gasteiger charge is 2.36. The van der Waals surface area contributed by atoms with Crippen LogP contribution in [0.3, 0.4) is 0 Å². The van der Waals surface area contributed by atoms with Gasteiger partial charge in [-0.05, 0) is 42.0 Å². The number of aromatic nitrogens is 4. The molecule has 2 aromatic heterocycles. The molecule has 0 saturated carbocycles. The van der Waals surface area contributed by atoms with Crippen LogP contribution in [0.4, 0.5) is 5.82 Å². The predicted octanol–water partition coefficient (Wildman–Crippen LogP) is 2.94. The lowest BCUT2D eigenvalue weighted by molar-refractivity contribution is 0.0313. The minimum atomic E-state index is -0.877. The van der Waals surface area contributed by atoms with Crippen molar-refractivity contribution in [3.05, 3.63) is 47.0 Å². The number of aliphatic hydroxyl groups excluding tert-OH is 2. The van der Waals surface area contributed by atoms with Gasteiger partial charge in [0.1, 0.15) is 11.5 Å². The van der Waals surface area contributed by atoms with Crippen LogP contribution in [0.1, 0.15) is 35.4 Å². The summed E-state index contributed by atoms with van der Waals surface area (Å²) >= 11 is 7.69. The van der Waals surface area contributed by atoms with E-state index in [2.05, 4.69) is 44.5 Å². The highest BCUT2D eigenvalue weighted by molar-refractivity contribution is 7.99. The number of thioether (sulfide) groups is 1. The van der Waals surface area contributed by atoms with Gasteiger partial charge >= 0.3 is 0 Å². The summed E-state index contributed by atoms with van der Waals surface area (Å²) in [5.41, 5.74) is 3.80. The van der Waals surface area contributed by atoms with Crippen molar-refractivity contribution in [2.75, 3.05) is 11.1 Å². The quantitative estimate of drug-likeness (QED) is 0.564. The van der Waals surface area contributed by atoms with E-state index in [1.165, 1.54) is 22.9 Å². The van der Waals surface area contributed by atoms with E-state index in [1.54, 1.807) is 10.9 Å². The van der Waals surface area contributed by atoms with Crippen molar-refractivity contribution >= 4 is 40.3 Å². The number of imidazole rings is 1. The molecule has 4 atom stereocenters. The standard InChI is InChI=1S/C19H20ClN5O2S/c20-19-23-16(22-12-7-3-5-10-4-1-2-6-11(10)12)14-17(24-19)25(9-21-14)18-15(27)13(26)8-28-18/h1-2,4,6,9,12-13,15,18,26-27H,3,5,7-8H2,(H,22,23,24)/t12-,13+,15+,18+/m0/s1. The Kier molecular flexibility index (Phi) is 4.66. The minimum absolute atomic E-state index is 0.124. The first-order chi connectivity index (χ1) is 13.6. The van der Waals surface area contributed by atoms with E-state index >= 15 is 0 Å². The number of halogens is 1. The largest absolute Gasteiger partial charge is 0.389 e. The molecule has 0 amide bonds. The van der Waals surface area contributed by atoms with Crippen molar-refractivity contribution in [1.29, 1.82) is 0 Å². The molecule has 0 radical (unpaired) electrons. The Bertz CT molecular complexity index is 1030. The molecule has 0 spiro atoms. The summed E-state index contributed by atoms with van der Waals surface area (Å²) in [5, 5.41) is 23.5. The summed E-state index contributed by atoms with van der Waals surface area (Å²) in [5.74, 6) is 1.06. The Labute approximate surface area is 171 Å². The maximum Gasteiger partial charge on any atom is 0.226 e. The summed E-state index contributed by atoms with van der Waals surface area (Å²) in [4.78, 5) is 13.2. The normalized spacial score (nSPS) is 27.1. The number of hydrogen-bond donors (Lipinski definition) is 3. The van der Waals surface area contributed by atoms with Crippen LogP contribution in [0.5, 0.6) is 0 Å². The second-order valence-corrected chi connectivity index (χ2v) is 8.72. The Morgan fingerprint density at radius 1 is 1.21 bits per heavy atom. The van der Waals surface area contributed by atoms with Gasteiger partial charge in [-0.2, -0.15) is 9.97 Å². The van der Waals surface area contributed by atoms with Crippen LogP contribution in [0.2, 0.25) is 5.28 Å². The van der Waals surface area contributed by atoms with Gasteiger partial charge in [-0.1, -0.05) is 24.3 Å². The molecule has 1 aliphatic heterocycles. The second-order valence-electron chi connectivity index (χ2n) is 7.24. The molecule has 3 N–H and O–H groups in total. The molecule has 146 valence electrons. The van der Waals surface area contributed by atoms with Crippen molar-refractivity contribution < 1.29 is 10.2 Å². The summed E-state index contributed by atoms with van der Waals surface area (Å²) in [6, 6.07) is 8.58. The van der Waals surface area contributed by atoms with Crippen LogP contribution in [0.15, 0.2) is 30.6 Å². The van der Waals surface area contributed by atoms with Gasteiger partial charge in [0.2, 0.25) is 5.28 Å². The zero-order valence-corrected chi connectivity index (χ0v) is 16.6. The van der Waals surface area contributed by atoms with E-state index in [9.17, 15) is 10.2 Å². The highest BCUT2D eigenvalue weighted by Crippen LogP contribution is 2.39. The second kappa shape index (κ2) is 7.18. The topological polar surface area (TPSA) is 96.1 Å². The molecule has 7 nitrogen and oxygen atoms in total. The highest BCUT2D eigenvalue weighted by atomic mass is 35.5. The van der Waals surface area contributed by atoms with E-state index in [0.29, 0.717) is 22.7 Å². The monoisotopic (exact) mass is 417 g/mol. The number of rotatable bonds is 3. The van der Waals surface area contributed by atoms with E-state index in [0.717, 1.165) is 19.3 Å². The smallest absolute Gasteiger partial charge is 0.226 e. The molecule has 3 aromatic rings. The maximum atomic E-state index is 10.3. The summed E-state index contributed by atoms with van der Waals surface area (Å²) < 4.78 is 1.77. The lowest BCUT2D eigenvalue weighted by Crippen LogP contribution is -2.27. The molecule has 0 unspecified atom stereocenters. The third-order valence-electron chi connectivity index (χ3n) is 5.47.